The lowest BCUT2D eigenvalue weighted by atomic mass is 10.0. The van der Waals surface area contributed by atoms with E-state index in [4.69, 9.17) is 14.2 Å². The van der Waals surface area contributed by atoms with E-state index in [0.717, 1.165) is 34.9 Å². The number of hydrogen-bond donors (Lipinski definition) is 2. The molecular formula is C27H35BrN2O6. The van der Waals surface area contributed by atoms with Crippen LogP contribution in [0, 0.1) is 0 Å². The second-order valence-electron chi connectivity index (χ2n) is 9.28. The molecule has 0 radical (unpaired) electrons. The molecule has 0 aliphatic carbocycles. The summed E-state index contributed by atoms with van der Waals surface area (Å²) in [5, 5.41) is 5.54. The minimum absolute atomic E-state index is 0.0731. The number of carbonyl (C=O) groups is 3. The number of ether oxygens (including phenoxy) is 3. The summed E-state index contributed by atoms with van der Waals surface area (Å²) in [5.74, 6) is 0.0180. The van der Waals surface area contributed by atoms with Crippen molar-refractivity contribution < 1.29 is 28.6 Å². The third-order valence-electron chi connectivity index (χ3n) is 4.95. The topological polar surface area (TPSA) is 103 Å². The van der Waals surface area contributed by atoms with Crippen LogP contribution in [0.1, 0.15) is 58.1 Å². The van der Waals surface area contributed by atoms with Crippen molar-refractivity contribution in [2.24, 2.45) is 0 Å². The maximum Gasteiger partial charge on any atom is 0.514 e. The summed E-state index contributed by atoms with van der Waals surface area (Å²) in [4.78, 5) is 37.1. The van der Waals surface area contributed by atoms with Crippen molar-refractivity contribution in [1.29, 1.82) is 0 Å². The third-order valence-corrected chi connectivity index (χ3v) is 5.73. The van der Waals surface area contributed by atoms with Gasteiger partial charge in [-0.15, -0.1) is 0 Å². The molecule has 2 amide bonds. The highest BCUT2D eigenvalue weighted by Gasteiger charge is 2.24. The van der Waals surface area contributed by atoms with E-state index in [1.165, 1.54) is 0 Å². The molecule has 2 rings (SSSR count). The molecule has 1 atom stereocenters. The fraction of sp³-hybridized carbons (Fsp3) is 0.444. The van der Waals surface area contributed by atoms with Crippen LogP contribution in [-0.2, 0) is 27.3 Å². The van der Waals surface area contributed by atoms with Crippen LogP contribution in [0.4, 0.5) is 9.59 Å². The first-order valence-electron chi connectivity index (χ1n) is 12.0. The second-order valence-corrected chi connectivity index (χ2v) is 10.1. The summed E-state index contributed by atoms with van der Waals surface area (Å²) >= 11 is 3.41. The van der Waals surface area contributed by atoms with Crippen LogP contribution >= 0.6 is 15.9 Å². The zero-order valence-corrected chi connectivity index (χ0v) is 22.9. The maximum absolute atomic E-state index is 12.8. The van der Waals surface area contributed by atoms with Crippen molar-refractivity contribution in [3.05, 3.63) is 64.1 Å². The quantitative estimate of drug-likeness (QED) is 0.200. The van der Waals surface area contributed by atoms with Gasteiger partial charge < -0.3 is 24.8 Å². The maximum atomic E-state index is 12.8. The number of rotatable bonds is 11. The molecule has 36 heavy (non-hydrogen) atoms. The van der Waals surface area contributed by atoms with E-state index in [1.54, 1.807) is 45.0 Å². The van der Waals surface area contributed by atoms with Gasteiger partial charge in [0.25, 0.3) is 0 Å². The van der Waals surface area contributed by atoms with E-state index < -0.39 is 23.9 Å². The first kappa shape index (κ1) is 29.2. The van der Waals surface area contributed by atoms with E-state index >= 15 is 0 Å². The van der Waals surface area contributed by atoms with Gasteiger partial charge in [0.15, 0.2) is 0 Å². The van der Waals surface area contributed by atoms with Gasteiger partial charge in [-0.05, 0) is 51.0 Å². The smallest absolute Gasteiger partial charge is 0.444 e. The fourth-order valence-corrected chi connectivity index (χ4v) is 3.58. The third kappa shape index (κ3) is 11.1. The molecule has 0 heterocycles. The SMILES string of the molecule is CCCCCNC(=O)[C@H](Cc1ccc(OC(=O)OCc2ccccc2Br)cc1)NC(=O)OC(C)(C)C. The lowest BCUT2D eigenvalue weighted by Crippen LogP contribution is -2.49. The van der Waals surface area contributed by atoms with Crippen LogP contribution in [0.25, 0.3) is 0 Å². The van der Waals surface area contributed by atoms with E-state index in [-0.39, 0.29) is 18.9 Å². The number of alkyl carbamates (subject to hydrolysis) is 1. The van der Waals surface area contributed by atoms with Crippen molar-refractivity contribution in [2.45, 2.75) is 71.6 Å². The van der Waals surface area contributed by atoms with Gasteiger partial charge >= 0.3 is 12.2 Å². The number of carbonyl (C=O) groups excluding carboxylic acids is 3. The normalized spacial score (nSPS) is 11.8. The van der Waals surface area contributed by atoms with E-state index in [1.807, 2.05) is 24.3 Å². The minimum Gasteiger partial charge on any atom is -0.444 e. The Labute approximate surface area is 221 Å². The molecule has 0 saturated carbocycles. The highest BCUT2D eigenvalue weighted by molar-refractivity contribution is 9.10. The standard InChI is InChI=1S/C27H35BrN2O6/c1-5-6-9-16-29-24(31)23(30-25(32)36-27(2,3)4)17-19-12-14-21(15-13-19)35-26(33)34-18-20-10-7-8-11-22(20)28/h7-8,10-15,23H,5-6,9,16-18H2,1-4H3,(H,29,31)(H,30,32)/t23-/m0/s1. The number of amides is 2. The monoisotopic (exact) mass is 562 g/mol. The molecule has 0 aromatic heterocycles. The van der Waals surface area contributed by atoms with Gasteiger partial charge in [-0.1, -0.05) is 66.0 Å². The molecule has 0 spiro atoms. The number of hydrogen-bond acceptors (Lipinski definition) is 6. The van der Waals surface area contributed by atoms with Gasteiger partial charge in [-0.3, -0.25) is 4.79 Å². The van der Waals surface area contributed by atoms with Crippen molar-refractivity contribution in [3.63, 3.8) is 0 Å². The largest absolute Gasteiger partial charge is 0.514 e. The Morgan fingerprint density at radius 3 is 2.33 bits per heavy atom. The number of halogens is 1. The molecule has 0 aliphatic rings. The summed E-state index contributed by atoms with van der Waals surface area (Å²) in [7, 11) is 0. The first-order valence-corrected chi connectivity index (χ1v) is 12.8. The Kier molecular flexibility index (Phi) is 11.7. The van der Waals surface area contributed by atoms with Crippen LogP contribution in [-0.4, -0.2) is 36.3 Å². The molecule has 0 bridgehead atoms. The molecule has 9 heteroatoms. The van der Waals surface area contributed by atoms with Gasteiger partial charge in [0.05, 0.1) is 0 Å². The van der Waals surface area contributed by atoms with Gasteiger partial charge in [0, 0.05) is 23.0 Å². The molecule has 2 aromatic carbocycles. The minimum atomic E-state index is -0.825. The Hall–Kier alpha value is -3.07. The van der Waals surface area contributed by atoms with Crippen molar-refractivity contribution >= 4 is 34.1 Å². The van der Waals surface area contributed by atoms with Crippen LogP contribution in [0.5, 0.6) is 5.75 Å². The Morgan fingerprint density at radius 1 is 1.00 bits per heavy atom. The van der Waals surface area contributed by atoms with Crippen LogP contribution in [0.3, 0.4) is 0 Å². The average molecular weight is 563 g/mol. The van der Waals surface area contributed by atoms with E-state index in [9.17, 15) is 14.4 Å². The summed E-state index contributed by atoms with van der Waals surface area (Å²) in [6.45, 7) is 7.97. The average Bonchev–Trinajstić information content (AvgIpc) is 2.81. The highest BCUT2D eigenvalue weighted by atomic mass is 79.9. The van der Waals surface area contributed by atoms with Gasteiger partial charge in [-0.25, -0.2) is 9.59 Å². The molecule has 2 N–H and O–H groups in total. The number of benzene rings is 2. The van der Waals surface area contributed by atoms with Crippen LogP contribution in [0.2, 0.25) is 0 Å². The van der Waals surface area contributed by atoms with Crippen molar-refractivity contribution in [2.75, 3.05) is 6.54 Å². The lowest BCUT2D eigenvalue weighted by molar-refractivity contribution is -0.123. The Bertz CT molecular complexity index is 1000. The van der Waals surface area contributed by atoms with Gasteiger partial charge in [-0.2, -0.15) is 0 Å². The molecule has 0 aliphatic heterocycles. The fourth-order valence-electron chi connectivity index (χ4n) is 3.18. The zero-order valence-electron chi connectivity index (χ0n) is 21.3. The zero-order chi connectivity index (χ0) is 26.6. The molecule has 196 valence electrons. The summed E-state index contributed by atoms with van der Waals surface area (Å²) in [6, 6.07) is 13.3. The Morgan fingerprint density at radius 2 is 1.69 bits per heavy atom. The summed E-state index contributed by atoms with van der Waals surface area (Å²) < 4.78 is 16.6. The summed E-state index contributed by atoms with van der Waals surface area (Å²) in [6.07, 6.45) is 1.67. The summed E-state index contributed by atoms with van der Waals surface area (Å²) in [5.41, 5.74) is 0.908. The number of unbranched alkanes of at least 4 members (excludes halogenated alkanes) is 2. The van der Waals surface area contributed by atoms with Crippen molar-refractivity contribution in [1.82, 2.24) is 10.6 Å². The molecular weight excluding hydrogens is 528 g/mol. The van der Waals surface area contributed by atoms with Gasteiger partial charge in [0.2, 0.25) is 5.91 Å². The predicted octanol–water partition coefficient (Wildman–Crippen LogP) is 5.91. The van der Waals surface area contributed by atoms with Crippen LogP contribution in [0.15, 0.2) is 53.0 Å². The molecule has 0 fully saturated rings. The second kappa shape index (κ2) is 14.5. The molecule has 0 unspecified atom stereocenters. The predicted molar refractivity (Wildman–Crippen MR) is 141 cm³/mol. The molecule has 0 saturated heterocycles. The van der Waals surface area contributed by atoms with E-state index in [2.05, 4.69) is 33.5 Å². The molecule has 8 nitrogen and oxygen atoms in total. The highest BCUT2D eigenvalue weighted by Crippen LogP contribution is 2.18. The lowest BCUT2D eigenvalue weighted by Gasteiger charge is -2.23. The molecule has 2 aromatic rings. The first-order chi connectivity index (χ1) is 17.1. The van der Waals surface area contributed by atoms with Gasteiger partial charge in [0.1, 0.15) is 24.0 Å². The van der Waals surface area contributed by atoms with E-state index in [0.29, 0.717) is 12.3 Å². The van der Waals surface area contributed by atoms with Crippen molar-refractivity contribution in [3.8, 4) is 5.75 Å². The number of nitrogens with one attached hydrogen (secondary N) is 2. The Balaban J connectivity index is 1.96. The van der Waals surface area contributed by atoms with Crippen LogP contribution < -0.4 is 15.4 Å².